The fraction of sp³-hybridized carbons (Fsp3) is 0.533. The summed E-state index contributed by atoms with van der Waals surface area (Å²) in [6.45, 7) is 9.00. The second-order valence-electron chi connectivity index (χ2n) is 8.73. The van der Waals surface area contributed by atoms with Gasteiger partial charge in [-0.2, -0.15) is 0 Å². The third-order valence-corrected chi connectivity index (χ3v) is 6.10. The molecule has 0 aliphatic rings. The van der Waals surface area contributed by atoms with E-state index in [4.69, 9.17) is 9.98 Å². The van der Waals surface area contributed by atoms with E-state index < -0.39 is 0 Å². The average molecular weight is 491 g/mol. The molecule has 0 saturated carbocycles. The van der Waals surface area contributed by atoms with Crippen LogP contribution in [-0.2, 0) is 29.3 Å². The maximum Gasteiger partial charge on any atom is 0.0636 e. The molecule has 0 heterocycles. The fourth-order valence-electron chi connectivity index (χ4n) is 4.12. The average Bonchev–Trinajstić information content (AvgIpc) is 2.83. The van der Waals surface area contributed by atoms with E-state index in [1.807, 2.05) is 0 Å². The third-order valence-electron chi connectivity index (χ3n) is 6.10. The van der Waals surface area contributed by atoms with Crippen LogP contribution in [0, 0.1) is 0 Å². The minimum absolute atomic E-state index is 0. The van der Waals surface area contributed by atoms with Crippen molar-refractivity contribution in [2.24, 2.45) is 9.98 Å². The molecule has 3 heteroatoms. The van der Waals surface area contributed by atoms with Gasteiger partial charge >= 0.3 is 0 Å². The molecule has 184 valence electrons. The monoisotopic (exact) mass is 490 g/mol. The molecule has 2 nitrogen and oxygen atoms in total. The molecule has 0 aliphatic heterocycles. The Hall–Kier alpha value is -1.73. The van der Waals surface area contributed by atoms with Gasteiger partial charge in [-0.15, -0.1) is 0 Å². The minimum atomic E-state index is 0. The van der Waals surface area contributed by atoms with Gasteiger partial charge in [-0.05, 0) is 73.9 Å². The summed E-state index contributed by atoms with van der Waals surface area (Å²) in [6, 6.07) is 17.1. The predicted octanol–water partition coefficient (Wildman–Crippen LogP) is 9.59. The molecule has 2 aromatic rings. The van der Waals surface area contributed by atoms with Crippen LogP contribution in [0.4, 0.5) is 11.4 Å². The van der Waals surface area contributed by atoms with Gasteiger partial charge in [0, 0.05) is 16.5 Å². The molecule has 0 saturated heterocycles. The van der Waals surface area contributed by atoms with E-state index in [2.05, 4.69) is 76.2 Å². The summed E-state index contributed by atoms with van der Waals surface area (Å²) in [5.74, 6) is 0. The first kappa shape index (κ1) is 29.3. The molecule has 0 bridgehead atoms. The Bertz CT molecular complexity index is 840. The topological polar surface area (TPSA) is 24.7 Å². The molecule has 33 heavy (non-hydrogen) atoms. The zero-order valence-corrected chi connectivity index (χ0v) is 22.3. The Morgan fingerprint density at radius 3 is 1.79 bits per heavy atom. The first-order chi connectivity index (χ1) is 15.7. The van der Waals surface area contributed by atoms with E-state index in [1.165, 1.54) is 67.5 Å². The zero-order chi connectivity index (χ0) is 23.0. The van der Waals surface area contributed by atoms with Gasteiger partial charge in [0.1, 0.15) is 0 Å². The molecule has 0 aliphatic carbocycles. The van der Waals surface area contributed by atoms with Crippen LogP contribution in [0.15, 0.2) is 58.5 Å². The van der Waals surface area contributed by atoms with Crippen molar-refractivity contribution in [3.05, 3.63) is 59.7 Å². The van der Waals surface area contributed by atoms with Gasteiger partial charge < -0.3 is 0 Å². The maximum absolute atomic E-state index is 5.21. The van der Waals surface area contributed by atoms with Crippen LogP contribution in [0.3, 0.4) is 0 Å². The maximum atomic E-state index is 5.21. The number of aryl methyl sites for hydroxylation is 2. The van der Waals surface area contributed by atoms with Crippen molar-refractivity contribution in [3.8, 4) is 0 Å². The SMILES string of the molecule is CCCCCCCCC(=Nc1ccc(CC)c(CC)c1)C(CCCC)=Nc1ccccc1.[Ni]. The Morgan fingerprint density at radius 2 is 1.15 bits per heavy atom. The summed E-state index contributed by atoms with van der Waals surface area (Å²) in [5.41, 5.74) is 7.33. The summed E-state index contributed by atoms with van der Waals surface area (Å²) in [5, 5.41) is 0. The summed E-state index contributed by atoms with van der Waals surface area (Å²) >= 11 is 0. The summed E-state index contributed by atoms with van der Waals surface area (Å²) in [7, 11) is 0. The van der Waals surface area contributed by atoms with Gasteiger partial charge in [-0.1, -0.05) is 90.5 Å². The zero-order valence-electron chi connectivity index (χ0n) is 21.3. The number of rotatable bonds is 15. The van der Waals surface area contributed by atoms with Gasteiger partial charge in [0.05, 0.1) is 22.8 Å². The predicted molar refractivity (Wildman–Crippen MR) is 143 cm³/mol. The van der Waals surface area contributed by atoms with E-state index in [1.54, 1.807) is 0 Å². The Morgan fingerprint density at radius 1 is 0.576 bits per heavy atom. The number of aliphatic imine (C=N–C) groups is 2. The van der Waals surface area contributed by atoms with Crippen LogP contribution in [0.1, 0.15) is 103 Å². The molecule has 0 spiro atoms. The van der Waals surface area contributed by atoms with E-state index >= 15 is 0 Å². The molecule has 2 aromatic carbocycles. The smallest absolute Gasteiger partial charge is 0.0636 e. The fourth-order valence-corrected chi connectivity index (χ4v) is 4.12. The van der Waals surface area contributed by atoms with Gasteiger partial charge in [0.25, 0.3) is 0 Å². The van der Waals surface area contributed by atoms with Crippen molar-refractivity contribution >= 4 is 22.8 Å². The molecule has 0 N–H and O–H groups in total. The molecule has 0 aromatic heterocycles. The molecule has 2 rings (SSSR count). The van der Waals surface area contributed by atoms with Crippen LogP contribution in [0.5, 0.6) is 0 Å². The van der Waals surface area contributed by atoms with Crippen molar-refractivity contribution in [3.63, 3.8) is 0 Å². The first-order valence-corrected chi connectivity index (χ1v) is 13.0. The summed E-state index contributed by atoms with van der Waals surface area (Å²) in [6.07, 6.45) is 14.2. The van der Waals surface area contributed by atoms with Gasteiger partial charge in [0.2, 0.25) is 0 Å². The van der Waals surface area contributed by atoms with Crippen LogP contribution in [-0.4, -0.2) is 11.4 Å². The van der Waals surface area contributed by atoms with Crippen LogP contribution >= 0.6 is 0 Å². The van der Waals surface area contributed by atoms with Crippen LogP contribution in [0.2, 0.25) is 0 Å². The first-order valence-electron chi connectivity index (χ1n) is 13.0. The van der Waals surface area contributed by atoms with E-state index in [0.717, 1.165) is 43.5 Å². The molecule has 0 unspecified atom stereocenters. The van der Waals surface area contributed by atoms with Crippen molar-refractivity contribution in [1.29, 1.82) is 0 Å². The number of nitrogens with zero attached hydrogens (tertiary/aromatic N) is 2. The Kier molecular flexibility index (Phi) is 15.7. The Balaban J connectivity index is 0.00000544. The molecular weight excluding hydrogens is 447 g/mol. The number of unbranched alkanes of at least 4 members (excludes halogenated alkanes) is 6. The molecule has 0 fully saturated rings. The Labute approximate surface area is 213 Å². The van der Waals surface area contributed by atoms with Gasteiger partial charge in [-0.3, -0.25) is 9.98 Å². The molecule has 0 atom stereocenters. The van der Waals surface area contributed by atoms with Gasteiger partial charge in [0.15, 0.2) is 0 Å². The van der Waals surface area contributed by atoms with Crippen LogP contribution < -0.4 is 0 Å². The minimum Gasteiger partial charge on any atom is -0.252 e. The van der Waals surface area contributed by atoms with Gasteiger partial charge in [-0.25, -0.2) is 0 Å². The molecule has 0 amide bonds. The molecular formula is C30H44N2Ni. The third kappa shape index (κ3) is 10.8. The van der Waals surface area contributed by atoms with Crippen molar-refractivity contribution in [1.82, 2.24) is 0 Å². The normalized spacial score (nSPS) is 12.0. The van der Waals surface area contributed by atoms with Crippen molar-refractivity contribution in [2.45, 2.75) is 105 Å². The van der Waals surface area contributed by atoms with Crippen molar-refractivity contribution < 1.29 is 16.5 Å². The quantitative estimate of drug-likeness (QED) is 0.135. The second kappa shape index (κ2) is 17.7. The number of hydrogen-bond donors (Lipinski definition) is 0. The summed E-state index contributed by atoms with van der Waals surface area (Å²) in [4.78, 5) is 10.3. The molecule has 0 radical (unpaired) electrons. The number of para-hydroxylation sites is 1. The number of hydrogen-bond acceptors (Lipinski definition) is 2. The summed E-state index contributed by atoms with van der Waals surface area (Å²) < 4.78 is 0. The van der Waals surface area contributed by atoms with Crippen molar-refractivity contribution in [2.75, 3.05) is 0 Å². The standard InChI is InChI=1S/C30H44N2.Ni/c1-5-9-11-12-13-17-21-30(32-28-23-22-25(7-3)26(8-4)24-28)29(20-10-6-2)31-27-18-15-14-16-19-27;/h14-16,18-19,22-24H,5-13,17,20-21H2,1-4H3;. The van der Waals surface area contributed by atoms with E-state index in [9.17, 15) is 0 Å². The van der Waals surface area contributed by atoms with E-state index in [-0.39, 0.29) is 16.5 Å². The van der Waals surface area contributed by atoms with E-state index in [0.29, 0.717) is 0 Å². The largest absolute Gasteiger partial charge is 0.252 e. The number of benzene rings is 2. The van der Waals surface area contributed by atoms with Crippen LogP contribution in [0.25, 0.3) is 0 Å². The second-order valence-corrected chi connectivity index (χ2v) is 8.73.